The van der Waals surface area contributed by atoms with Crippen LogP contribution in [0.15, 0.2) is 72.3 Å². The number of Topliss-reactive ketones (excluding diaryl/α,β-unsaturated/α-hetero) is 1. The molecule has 1 amide bonds. The number of aliphatic hydroxyl groups excluding tert-OH is 1. The van der Waals surface area contributed by atoms with Gasteiger partial charge in [0.15, 0.2) is 0 Å². The zero-order valence-electron chi connectivity index (χ0n) is 19.6. The molecule has 1 N–H and O–H groups in total. The molecule has 0 bridgehead atoms. The predicted octanol–water partition coefficient (Wildman–Crippen LogP) is 6.11. The molecule has 1 saturated heterocycles. The lowest BCUT2D eigenvalue weighted by atomic mass is 9.93. The van der Waals surface area contributed by atoms with Crippen LogP contribution in [0.5, 0.6) is 5.75 Å². The van der Waals surface area contributed by atoms with Crippen molar-refractivity contribution < 1.29 is 28.2 Å². The Kier molecular flexibility index (Phi) is 6.69. The van der Waals surface area contributed by atoms with Gasteiger partial charge in [-0.05, 0) is 54.3 Å². The number of amides is 1. The third kappa shape index (κ3) is 4.41. The Labute approximate surface area is 202 Å². The first-order valence-corrected chi connectivity index (χ1v) is 11.3. The fourth-order valence-corrected chi connectivity index (χ4v) is 4.30. The fraction of sp³-hybridized carbons (Fsp3) is 0.214. The van der Waals surface area contributed by atoms with E-state index < -0.39 is 29.4 Å². The summed E-state index contributed by atoms with van der Waals surface area (Å²) < 4.78 is 34.0. The van der Waals surface area contributed by atoms with Gasteiger partial charge in [-0.2, -0.15) is 0 Å². The van der Waals surface area contributed by atoms with Crippen molar-refractivity contribution in [2.75, 3.05) is 11.5 Å². The molecule has 0 radical (unpaired) electrons. The minimum atomic E-state index is -1.11. The number of aliphatic hydroxyl groups is 1. The molecule has 1 fully saturated rings. The predicted molar refractivity (Wildman–Crippen MR) is 129 cm³/mol. The van der Waals surface area contributed by atoms with Crippen molar-refractivity contribution in [2.24, 2.45) is 0 Å². The number of ether oxygens (including phenoxy) is 1. The van der Waals surface area contributed by atoms with Gasteiger partial charge in [0.2, 0.25) is 0 Å². The molecule has 0 saturated carbocycles. The van der Waals surface area contributed by atoms with Gasteiger partial charge in [0.05, 0.1) is 23.9 Å². The number of anilines is 1. The molecule has 0 aromatic heterocycles. The Morgan fingerprint density at radius 1 is 1.03 bits per heavy atom. The van der Waals surface area contributed by atoms with Gasteiger partial charge in [0.25, 0.3) is 11.7 Å². The summed E-state index contributed by atoms with van der Waals surface area (Å²) in [5, 5.41) is 11.3. The summed E-state index contributed by atoms with van der Waals surface area (Å²) in [6.07, 6.45) is 0. The Morgan fingerprint density at radius 2 is 1.74 bits per heavy atom. The zero-order valence-corrected chi connectivity index (χ0v) is 19.6. The Morgan fingerprint density at radius 3 is 2.37 bits per heavy atom. The number of benzene rings is 3. The number of carbonyl (C=O) groups excluding carboxylic acids is 2. The maximum Gasteiger partial charge on any atom is 0.300 e. The van der Waals surface area contributed by atoms with Crippen LogP contribution in [0.1, 0.15) is 49.4 Å². The second kappa shape index (κ2) is 9.70. The van der Waals surface area contributed by atoms with E-state index in [9.17, 15) is 23.5 Å². The fourth-order valence-electron chi connectivity index (χ4n) is 4.30. The number of hydrogen-bond donors (Lipinski definition) is 1. The van der Waals surface area contributed by atoms with Crippen LogP contribution in [0, 0.1) is 11.6 Å². The quantitative estimate of drug-likeness (QED) is 0.264. The van der Waals surface area contributed by atoms with Crippen LogP contribution in [0.4, 0.5) is 14.5 Å². The average Bonchev–Trinajstić information content (AvgIpc) is 3.10. The van der Waals surface area contributed by atoms with Crippen molar-refractivity contribution >= 4 is 23.1 Å². The van der Waals surface area contributed by atoms with E-state index in [4.69, 9.17) is 4.74 Å². The molecular weight excluding hydrogens is 452 g/mol. The maximum absolute atomic E-state index is 14.8. The molecule has 0 spiro atoms. The summed E-state index contributed by atoms with van der Waals surface area (Å²) >= 11 is 0. The summed E-state index contributed by atoms with van der Waals surface area (Å²) in [7, 11) is 0. The van der Waals surface area contributed by atoms with Gasteiger partial charge >= 0.3 is 0 Å². The van der Waals surface area contributed by atoms with Crippen LogP contribution in [0.25, 0.3) is 5.76 Å². The molecule has 5 nitrogen and oxygen atoms in total. The molecule has 1 aliphatic heterocycles. The van der Waals surface area contributed by atoms with E-state index >= 15 is 0 Å². The topological polar surface area (TPSA) is 66.8 Å². The normalized spacial score (nSPS) is 17.3. The molecule has 180 valence electrons. The lowest BCUT2D eigenvalue weighted by Gasteiger charge is -2.26. The Balaban J connectivity index is 1.94. The second-order valence-corrected chi connectivity index (χ2v) is 8.52. The number of halogens is 2. The van der Waals surface area contributed by atoms with E-state index in [-0.39, 0.29) is 22.9 Å². The number of nitrogens with zero attached hydrogens (tertiary/aromatic N) is 1. The first kappa shape index (κ1) is 24.1. The van der Waals surface area contributed by atoms with E-state index in [0.717, 1.165) is 22.6 Å². The van der Waals surface area contributed by atoms with Gasteiger partial charge in [-0.25, -0.2) is 8.78 Å². The highest BCUT2D eigenvalue weighted by Crippen LogP contribution is 2.43. The van der Waals surface area contributed by atoms with Gasteiger partial charge in [0.1, 0.15) is 23.1 Å². The van der Waals surface area contributed by atoms with Crippen LogP contribution in [-0.4, -0.2) is 23.4 Å². The van der Waals surface area contributed by atoms with E-state index in [1.807, 2.05) is 20.8 Å². The standard InChI is InChI=1S/C28H25F2NO4/c1-4-35-23-13-10-18(14-20(23)16(2)3)26(32)24-25(17-8-6-5-7-9-17)31(28(34)27(24)33)22-12-11-19(29)15-21(22)30/h5-16,25,32H,4H2,1-3H3/b26-24-. The zero-order chi connectivity index (χ0) is 25.3. The SMILES string of the molecule is CCOc1ccc(/C(O)=C2/C(=O)C(=O)N(c3ccc(F)cc3F)C2c2ccccc2)cc1C(C)C. The third-order valence-electron chi connectivity index (χ3n) is 5.93. The number of rotatable bonds is 6. The van der Waals surface area contributed by atoms with Gasteiger partial charge in [-0.1, -0.05) is 44.2 Å². The van der Waals surface area contributed by atoms with Crippen LogP contribution in [0.2, 0.25) is 0 Å². The number of carbonyl (C=O) groups is 2. The largest absolute Gasteiger partial charge is 0.507 e. The minimum absolute atomic E-state index is 0.0601. The molecule has 1 atom stereocenters. The van der Waals surface area contributed by atoms with E-state index in [2.05, 4.69) is 0 Å². The third-order valence-corrected chi connectivity index (χ3v) is 5.93. The molecule has 7 heteroatoms. The minimum Gasteiger partial charge on any atom is -0.507 e. The first-order valence-electron chi connectivity index (χ1n) is 11.3. The summed E-state index contributed by atoms with van der Waals surface area (Å²) in [5.41, 5.74) is 1.22. The molecule has 1 aliphatic rings. The lowest BCUT2D eigenvalue weighted by Crippen LogP contribution is -2.30. The van der Waals surface area contributed by atoms with Crippen molar-refractivity contribution in [1.82, 2.24) is 0 Å². The average molecular weight is 478 g/mol. The highest BCUT2D eigenvalue weighted by molar-refractivity contribution is 6.51. The molecule has 35 heavy (non-hydrogen) atoms. The van der Waals surface area contributed by atoms with Gasteiger partial charge < -0.3 is 9.84 Å². The van der Waals surface area contributed by atoms with Crippen LogP contribution < -0.4 is 9.64 Å². The highest BCUT2D eigenvalue weighted by atomic mass is 19.1. The van der Waals surface area contributed by atoms with E-state index in [0.29, 0.717) is 29.5 Å². The summed E-state index contributed by atoms with van der Waals surface area (Å²) in [6, 6.07) is 15.2. The molecular formula is C28H25F2NO4. The highest BCUT2D eigenvalue weighted by Gasteiger charge is 2.47. The molecule has 0 aliphatic carbocycles. The van der Waals surface area contributed by atoms with E-state index in [1.54, 1.807) is 48.5 Å². The molecule has 3 aromatic rings. The summed E-state index contributed by atoms with van der Waals surface area (Å²) in [6.45, 7) is 6.28. The Bertz CT molecular complexity index is 1320. The van der Waals surface area contributed by atoms with Crippen molar-refractivity contribution in [3.8, 4) is 5.75 Å². The van der Waals surface area contributed by atoms with Crippen LogP contribution in [0.3, 0.4) is 0 Å². The maximum atomic E-state index is 14.8. The van der Waals surface area contributed by atoms with Crippen LogP contribution >= 0.6 is 0 Å². The number of hydrogen-bond acceptors (Lipinski definition) is 4. The molecule has 3 aromatic carbocycles. The molecule has 1 heterocycles. The molecule has 4 rings (SSSR count). The van der Waals surface area contributed by atoms with Crippen molar-refractivity contribution in [3.05, 3.63) is 101 Å². The smallest absolute Gasteiger partial charge is 0.300 e. The second-order valence-electron chi connectivity index (χ2n) is 8.52. The van der Waals surface area contributed by atoms with Gasteiger partial charge in [-0.15, -0.1) is 0 Å². The van der Waals surface area contributed by atoms with Gasteiger partial charge in [0, 0.05) is 11.6 Å². The monoisotopic (exact) mass is 477 g/mol. The summed E-state index contributed by atoms with van der Waals surface area (Å²) in [4.78, 5) is 27.3. The van der Waals surface area contributed by atoms with Crippen molar-refractivity contribution in [1.29, 1.82) is 0 Å². The summed E-state index contributed by atoms with van der Waals surface area (Å²) in [5.74, 6) is -3.43. The first-order chi connectivity index (χ1) is 16.7. The molecule has 1 unspecified atom stereocenters. The Hall–Kier alpha value is -4.00. The van der Waals surface area contributed by atoms with E-state index in [1.165, 1.54) is 0 Å². The van der Waals surface area contributed by atoms with Crippen LogP contribution in [-0.2, 0) is 9.59 Å². The van der Waals surface area contributed by atoms with Gasteiger partial charge in [-0.3, -0.25) is 14.5 Å². The van der Waals surface area contributed by atoms with Crippen molar-refractivity contribution in [2.45, 2.75) is 32.7 Å². The lowest BCUT2D eigenvalue weighted by molar-refractivity contribution is -0.132. The van der Waals surface area contributed by atoms with Crippen molar-refractivity contribution in [3.63, 3.8) is 0 Å². The number of ketones is 1.